The Morgan fingerprint density at radius 3 is 1.55 bits per heavy atom. The highest BCUT2D eigenvalue weighted by atomic mass is 19.1. The number of nitrogens with one attached hydrogen (secondary N) is 8. The van der Waals surface area contributed by atoms with Crippen LogP contribution in [0, 0.1) is 11.6 Å². The van der Waals surface area contributed by atoms with Crippen molar-refractivity contribution in [2.75, 3.05) is 124 Å². The molecule has 0 bridgehead atoms. The maximum Gasteiger partial charge on any atom is 0.344 e. The predicted octanol–water partition coefficient (Wildman–Crippen LogP) is -1.18. The van der Waals surface area contributed by atoms with Crippen molar-refractivity contribution in [1.29, 1.82) is 0 Å². The number of aliphatic imine (C=N–C) groups is 1. The van der Waals surface area contributed by atoms with Gasteiger partial charge in [-0.2, -0.15) is 4.99 Å². The number of aromatic hydroxyl groups is 1. The Hall–Kier alpha value is -9.11. The molecule has 0 aliphatic carbocycles. The lowest BCUT2D eigenvalue weighted by atomic mass is 10.0. The van der Waals surface area contributed by atoms with E-state index in [1.165, 1.54) is 0 Å². The third-order valence-electron chi connectivity index (χ3n) is 14.7. The van der Waals surface area contributed by atoms with Gasteiger partial charge in [0.1, 0.15) is 35.2 Å². The van der Waals surface area contributed by atoms with Crippen molar-refractivity contribution >= 4 is 65.3 Å². The number of fused-ring (bicyclic) bond motifs is 1. The first-order valence-electron chi connectivity index (χ1n) is 30.3. The lowest BCUT2D eigenvalue weighted by Gasteiger charge is -2.32. The Balaban J connectivity index is 1.08. The molecule has 0 spiro atoms. The molecule has 504 valence electrons. The van der Waals surface area contributed by atoms with E-state index in [0.717, 1.165) is 11.1 Å². The van der Waals surface area contributed by atoms with Crippen molar-refractivity contribution in [2.24, 2.45) is 10.7 Å². The number of nitrogens with zero attached hydrogens (tertiary/aromatic N) is 6. The standard InChI is InChI=1S/C60H85F2N15O15/c1-2-49(79)65-20-21-69-60(91)72-59(63)68-16-5-9-48(57(89)70-33-45-46(61)31-43(78)32-47(45)62)71-58(90)56(77-34-41-7-3-4-8-42(41)35-77)40-10-12-44(13-11-40)92-30-6-17-64-50(80)14-15-51(81)66-18-19-67-52(82)36-73-22-24-74(37-53(83)84)26-28-76(39-55(87)88)29-27-75(25-23-73)38-54(85)86/h3-4,7-8,10-13,31-32,48,56,78H,2,5-6,9,14-30,33-39H2,1H3,(H,64,80)(H,65,79)(H,66,81)(H,67,82)(H,70,89)(H,71,90)(H,83,84)(H,85,86)(H,87,88)(H4,63,68,69,72,91)/t48-,56+/m1/s1. The number of carbonyl (C=O) groups excluding carboxylic acids is 7. The van der Waals surface area contributed by atoms with Gasteiger partial charge in [0.15, 0.2) is 5.96 Å². The number of urea groups is 1. The number of benzene rings is 3. The maximum atomic E-state index is 14.7. The SMILES string of the molecule is CCC(=O)NCCNC(=O)/N=C(/N)NCCC[C@@H](NC(=O)[C@H](c1ccc(OCCCNC(=O)CCC(=O)NCCNC(=O)CN2CCN(CC(=O)O)CCN(CC(=O)O)CCN(CC(=O)O)CC2)cc1)N1Cc2ccccc2C1)C(=O)NCc1c(F)cc(O)cc1F. The first-order valence-corrected chi connectivity index (χ1v) is 30.3. The highest BCUT2D eigenvalue weighted by Gasteiger charge is 2.35. The lowest BCUT2D eigenvalue weighted by molar-refractivity contribution is -0.140. The summed E-state index contributed by atoms with van der Waals surface area (Å²) in [6.07, 6.45) is 0.595. The van der Waals surface area contributed by atoms with Crippen LogP contribution in [-0.2, 0) is 62.8 Å². The molecule has 0 radical (unpaired) electrons. The molecule has 32 heteroatoms. The fourth-order valence-electron chi connectivity index (χ4n) is 9.94. The monoisotopic (exact) mass is 1290 g/mol. The summed E-state index contributed by atoms with van der Waals surface area (Å²) in [4.78, 5) is 138. The molecular weight excluding hydrogens is 1210 g/mol. The zero-order valence-corrected chi connectivity index (χ0v) is 51.5. The number of phenolic OH excluding ortho intramolecular Hbond substituents is 1. The Kier molecular flexibility index (Phi) is 31.4. The van der Waals surface area contributed by atoms with Gasteiger partial charge in [0.05, 0.1) is 32.8 Å². The highest BCUT2D eigenvalue weighted by Crippen LogP contribution is 2.33. The largest absolute Gasteiger partial charge is 0.508 e. The second-order valence-electron chi connectivity index (χ2n) is 21.9. The molecule has 0 unspecified atom stereocenters. The van der Waals surface area contributed by atoms with Gasteiger partial charge in [0.25, 0.3) is 0 Å². The van der Waals surface area contributed by atoms with E-state index in [9.17, 15) is 77.2 Å². The fourth-order valence-corrected chi connectivity index (χ4v) is 9.94. The van der Waals surface area contributed by atoms with Gasteiger partial charge in [0.2, 0.25) is 35.4 Å². The molecule has 1 saturated heterocycles. The van der Waals surface area contributed by atoms with E-state index in [1.807, 2.05) is 29.2 Å². The van der Waals surface area contributed by atoms with E-state index in [1.54, 1.807) is 50.8 Å². The molecule has 2 aliphatic rings. The maximum absolute atomic E-state index is 14.7. The number of rotatable bonds is 34. The number of carboxylic acid groups (broad SMARTS) is 3. The van der Waals surface area contributed by atoms with Crippen molar-refractivity contribution in [3.8, 4) is 11.5 Å². The third kappa shape index (κ3) is 27.6. The molecule has 30 nitrogen and oxygen atoms in total. The quantitative estimate of drug-likeness (QED) is 0.0190. The number of aliphatic carboxylic acids is 3. The van der Waals surface area contributed by atoms with Crippen LogP contribution in [0.25, 0.3) is 0 Å². The molecule has 2 aliphatic heterocycles. The number of ether oxygens (including phenoxy) is 1. The van der Waals surface area contributed by atoms with Gasteiger partial charge in [-0.15, -0.1) is 0 Å². The van der Waals surface area contributed by atoms with Crippen LogP contribution in [0.4, 0.5) is 13.6 Å². The summed E-state index contributed by atoms with van der Waals surface area (Å²) in [5.74, 6) is -8.54. The van der Waals surface area contributed by atoms with Gasteiger partial charge >= 0.3 is 23.9 Å². The molecule has 3 aromatic rings. The normalized spacial score (nSPS) is 15.2. The summed E-state index contributed by atoms with van der Waals surface area (Å²) in [5.41, 5.74) is 7.93. The van der Waals surface area contributed by atoms with E-state index in [-0.39, 0.29) is 180 Å². The first-order chi connectivity index (χ1) is 44.0. The number of guanidine groups is 1. The van der Waals surface area contributed by atoms with E-state index in [2.05, 4.69) is 47.5 Å². The van der Waals surface area contributed by atoms with E-state index >= 15 is 0 Å². The Morgan fingerprint density at radius 2 is 1.04 bits per heavy atom. The van der Waals surface area contributed by atoms with Crippen molar-refractivity contribution in [3.63, 3.8) is 0 Å². The Bertz CT molecular complexity index is 2940. The van der Waals surface area contributed by atoms with Crippen LogP contribution in [-0.4, -0.2) is 241 Å². The van der Waals surface area contributed by atoms with Crippen LogP contribution in [0.3, 0.4) is 0 Å². The molecule has 14 N–H and O–H groups in total. The van der Waals surface area contributed by atoms with Crippen LogP contribution in [0.2, 0.25) is 0 Å². The number of hydrogen-bond acceptors (Lipinski definition) is 17. The van der Waals surface area contributed by atoms with E-state index in [0.29, 0.717) is 43.0 Å². The number of halogens is 2. The van der Waals surface area contributed by atoms with Crippen LogP contribution >= 0.6 is 0 Å². The molecule has 2 heterocycles. The van der Waals surface area contributed by atoms with E-state index < -0.39 is 83.2 Å². The summed E-state index contributed by atoms with van der Waals surface area (Å²) in [7, 11) is 0. The van der Waals surface area contributed by atoms with Gasteiger partial charge in [-0.3, -0.25) is 67.7 Å². The van der Waals surface area contributed by atoms with Gasteiger partial charge < -0.3 is 73.4 Å². The fraction of sp³-hybridized carbons (Fsp3) is 0.517. The molecule has 3 aromatic carbocycles. The highest BCUT2D eigenvalue weighted by molar-refractivity contribution is 5.92. The van der Waals surface area contributed by atoms with Crippen molar-refractivity contribution in [2.45, 2.75) is 77.2 Å². The minimum absolute atomic E-state index is 0.0195. The minimum atomic E-state index is -1.26. The second kappa shape index (κ2) is 39.2. The predicted molar refractivity (Wildman–Crippen MR) is 329 cm³/mol. The molecule has 5 rings (SSSR count). The molecule has 2 atom stereocenters. The van der Waals surface area contributed by atoms with Gasteiger partial charge in [-0.05, 0) is 48.1 Å². The van der Waals surface area contributed by atoms with Crippen LogP contribution < -0.4 is 53.0 Å². The Labute approximate surface area is 531 Å². The molecule has 0 saturated carbocycles. The lowest BCUT2D eigenvalue weighted by Crippen LogP contribution is -2.50. The van der Waals surface area contributed by atoms with Crippen LogP contribution in [0.15, 0.2) is 65.7 Å². The zero-order chi connectivity index (χ0) is 67.0. The van der Waals surface area contributed by atoms with Gasteiger partial charge in [0, 0.05) is 148 Å². The van der Waals surface area contributed by atoms with Gasteiger partial charge in [-0.25, -0.2) is 13.6 Å². The molecule has 8 amide bonds. The number of nitrogens with two attached hydrogens (primary N) is 1. The number of amides is 8. The summed E-state index contributed by atoms with van der Waals surface area (Å²) < 4.78 is 35.4. The van der Waals surface area contributed by atoms with Crippen LogP contribution in [0.5, 0.6) is 11.5 Å². The summed E-state index contributed by atoms with van der Waals surface area (Å²) in [6, 6.07) is 12.9. The topological polar surface area (TPSA) is 412 Å². The second-order valence-corrected chi connectivity index (χ2v) is 21.9. The number of carboxylic acids is 3. The smallest absolute Gasteiger partial charge is 0.344 e. The summed E-state index contributed by atoms with van der Waals surface area (Å²) in [5, 5.41) is 59.4. The number of carbonyl (C=O) groups is 10. The summed E-state index contributed by atoms with van der Waals surface area (Å²) in [6.45, 7) is 3.68. The average molecular weight is 1290 g/mol. The number of phenols is 1. The van der Waals surface area contributed by atoms with Crippen molar-refractivity contribution in [3.05, 3.63) is 94.6 Å². The van der Waals surface area contributed by atoms with Crippen LogP contribution in [0.1, 0.15) is 73.7 Å². The Morgan fingerprint density at radius 1 is 0.576 bits per heavy atom. The van der Waals surface area contributed by atoms with E-state index in [4.69, 9.17) is 10.5 Å². The average Bonchev–Trinajstić information content (AvgIpc) is 1.65. The van der Waals surface area contributed by atoms with Gasteiger partial charge in [-0.1, -0.05) is 43.3 Å². The summed E-state index contributed by atoms with van der Waals surface area (Å²) >= 11 is 0. The third-order valence-corrected chi connectivity index (χ3v) is 14.7. The molecule has 1 fully saturated rings. The molecule has 92 heavy (non-hydrogen) atoms. The zero-order valence-electron chi connectivity index (χ0n) is 51.5. The van der Waals surface area contributed by atoms with Crippen molar-refractivity contribution in [1.82, 2.24) is 67.0 Å². The van der Waals surface area contributed by atoms with Crippen molar-refractivity contribution < 1.29 is 81.9 Å². The minimum Gasteiger partial charge on any atom is -0.508 e. The number of hydrogen-bond donors (Lipinski definition) is 13. The molecular formula is C60H85F2N15O15. The molecule has 0 aromatic heterocycles. The first kappa shape index (κ1) is 73.6.